The van der Waals surface area contributed by atoms with E-state index in [1.54, 1.807) is 0 Å². The molecule has 1 aromatic rings. The molecule has 0 bridgehead atoms. The number of benzene rings is 1. The van der Waals surface area contributed by atoms with Crippen molar-refractivity contribution < 1.29 is 9.13 Å². The van der Waals surface area contributed by atoms with Gasteiger partial charge in [0.1, 0.15) is 0 Å². The third kappa shape index (κ3) is 0.985. The molecule has 3 heteroatoms. The Morgan fingerprint density at radius 2 is 2.33 bits per heavy atom. The third-order valence-corrected chi connectivity index (χ3v) is 2.55. The first-order valence-electron chi connectivity index (χ1n) is 3.80. The van der Waals surface area contributed by atoms with Crippen LogP contribution in [0.1, 0.15) is 11.1 Å². The molecule has 12 heavy (non-hydrogen) atoms. The Hall–Kier alpha value is -0.760. The first kappa shape index (κ1) is 7.87. The van der Waals surface area contributed by atoms with Crippen LogP contribution in [0.15, 0.2) is 6.07 Å². The molecule has 0 saturated carbocycles. The lowest BCUT2D eigenvalue weighted by Crippen LogP contribution is -1.89. The van der Waals surface area contributed by atoms with Gasteiger partial charge in [-0.3, -0.25) is 0 Å². The van der Waals surface area contributed by atoms with Crippen LogP contribution in [0.2, 0.25) is 5.02 Å². The minimum atomic E-state index is -0.349. The zero-order valence-corrected chi connectivity index (χ0v) is 7.41. The Morgan fingerprint density at radius 3 is 3.08 bits per heavy atom. The summed E-state index contributed by atoms with van der Waals surface area (Å²) in [5.41, 5.74) is 1.85. The first-order chi connectivity index (χ1) is 5.70. The Balaban J connectivity index is 2.69. The van der Waals surface area contributed by atoms with Gasteiger partial charge < -0.3 is 4.74 Å². The van der Waals surface area contributed by atoms with Crippen molar-refractivity contribution in [1.29, 1.82) is 0 Å². The van der Waals surface area contributed by atoms with E-state index in [1.165, 1.54) is 6.07 Å². The average Bonchev–Trinajstić information content (AvgIpc) is 2.48. The van der Waals surface area contributed by atoms with Crippen LogP contribution in [0.4, 0.5) is 4.39 Å². The highest BCUT2D eigenvalue weighted by molar-refractivity contribution is 6.31. The molecule has 0 aromatic heterocycles. The molecule has 1 aliphatic heterocycles. The Labute approximate surface area is 75.1 Å². The van der Waals surface area contributed by atoms with E-state index in [2.05, 4.69) is 0 Å². The molecule has 0 N–H and O–H groups in total. The summed E-state index contributed by atoms with van der Waals surface area (Å²) in [7, 11) is 0. The summed E-state index contributed by atoms with van der Waals surface area (Å²) in [6.45, 7) is 2.45. The second kappa shape index (κ2) is 2.63. The molecule has 1 aliphatic rings. The fourth-order valence-corrected chi connectivity index (χ4v) is 1.67. The molecule has 64 valence electrons. The largest absolute Gasteiger partial charge is 0.490 e. The second-order valence-electron chi connectivity index (χ2n) is 2.87. The Morgan fingerprint density at radius 1 is 1.58 bits per heavy atom. The molecule has 1 aromatic carbocycles. The van der Waals surface area contributed by atoms with Crippen molar-refractivity contribution >= 4 is 11.6 Å². The van der Waals surface area contributed by atoms with Crippen molar-refractivity contribution in [3.05, 3.63) is 28.0 Å². The quantitative estimate of drug-likeness (QED) is 0.606. The third-order valence-electron chi connectivity index (χ3n) is 2.15. The smallest absolute Gasteiger partial charge is 0.166 e. The van der Waals surface area contributed by atoms with Crippen LogP contribution < -0.4 is 4.74 Å². The molecule has 0 unspecified atom stereocenters. The predicted molar refractivity (Wildman–Crippen MR) is 45.3 cm³/mol. The maximum Gasteiger partial charge on any atom is 0.166 e. The van der Waals surface area contributed by atoms with E-state index in [4.69, 9.17) is 16.3 Å². The molecule has 0 atom stereocenters. The first-order valence-corrected chi connectivity index (χ1v) is 4.18. The van der Waals surface area contributed by atoms with E-state index in [-0.39, 0.29) is 5.82 Å². The van der Waals surface area contributed by atoms with Crippen molar-refractivity contribution in [2.24, 2.45) is 0 Å². The molecule has 0 radical (unpaired) electrons. The summed E-state index contributed by atoms with van der Waals surface area (Å²) in [6, 6.07) is 1.31. The summed E-state index contributed by atoms with van der Waals surface area (Å²) >= 11 is 5.80. The van der Waals surface area contributed by atoms with Gasteiger partial charge in [0.05, 0.1) is 6.61 Å². The number of hydrogen-bond acceptors (Lipinski definition) is 1. The van der Waals surface area contributed by atoms with E-state index in [9.17, 15) is 4.39 Å². The maximum absolute atomic E-state index is 13.1. The van der Waals surface area contributed by atoms with Crippen molar-refractivity contribution in [2.45, 2.75) is 13.3 Å². The number of rotatable bonds is 0. The molecule has 0 spiro atoms. The maximum atomic E-state index is 13.1. The number of ether oxygens (including phenoxy) is 1. The Bertz CT molecular complexity index is 336. The van der Waals surface area contributed by atoms with Gasteiger partial charge in [0, 0.05) is 17.0 Å². The molecule has 1 nitrogen and oxygen atoms in total. The summed E-state index contributed by atoms with van der Waals surface area (Å²) in [5.74, 6) is 0.0370. The van der Waals surface area contributed by atoms with Gasteiger partial charge in [0.15, 0.2) is 11.6 Å². The van der Waals surface area contributed by atoms with Crippen molar-refractivity contribution in [1.82, 2.24) is 0 Å². The van der Waals surface area contributed by atoms with Gasteiger partial charge in [-0.25, -0.2) is 4.39 Å². The van der Waals surface area contributed by atoms with Crippen LogP contribution in [0.5, 0.6) is 5.75 Å². The highest BCUT2D eigenvalue weighted by atomic mass is 35.5. The van der Waals surface area contributed by atoms with Crippen molar-refractivity contribution in [2.75, 3.05) is 6.61 Å². The molecule has 0 aliphatic carbocycles. The van der Waals surface area contributed by atoms with Gasteiger partial charge in [-0.15, -0.1) is 0 Å². The van der Waals surface area contributed by atoms with E-state index >= 15 is 0 Å². The minimum absolute atomic E-state index is 0.349. The SMILES string of the molecule is Cc1c(Cl)cc(F)c2c1CCO2. The van der Waals surface area contributed by atoms with Gasteiger partial charge in [0.2, 0.25) is 0 Å². The van der Waals surface area contributed by atoms with E-state index < -0.39 is 0 Å². The van der Waals surface area contributed by atoms with Crippen LogP contribution in [0.3, 0.4) is 0 Å². The normalized spacial score (nSPS) is 14.2. The van der Waals surface area contributed by atoms with Crippen LogP contribution in [-0.4, -0.2) is 6.61 Å². The van der Waals surface area contributed by atoms with E-state index in [0.717, 1.165) is 17.5 Å². The molecule has 2 rings (SSSR count). The molecular weight excluding hydrogens is 179 g/mol. The molecule has 0 fully saturated rings. The van der Waals surface area contributed by atoms with Gasteiger partial charge in [-0.1, -0.05) is 11.6 Å². The monoisotopic (exact) mass is 186 g/mol. The summed E-state index contributed by atoms with van der Waals surface area (Å²) in [4.78, 5) is 0. The van der Waals surface area contributed by atoms with Crippen LogP contribution in [-0.2, 0) is 6.42 Å². The van der Waals surface area contributed by atoms with Crippen molar-refractivity contribution in [3.63, 3.8) is 0 Å². The van der Waals surface area contributed by atoms with Gasteiger partial charge in [-0.2, -0.15) is 0 Å². The zero-order valence-electron chi connectivity index (χ0n) is 6.66. The van der Waals surface area contributed by atoms with Gasteiger partial charge in [-0.05, 0) is 18.6 Å². The molecule has 1 heterocycles. The average molecular weight is 187 g/mol. The summed E-state index contributed by atoms with van der Waals surface area (Å²) in [5, 5.41) is 0.483. The van der Waals surface area contributed by atoms with E-state index in [1.807, 2.05) is 6.92 Å². The lowest BCUT2D eigenvalue weighted by atomic mass is 10.1. The highest BCUT2D eigenvalue weighted by Crippen LogP contribution is 2.35. The minimum Gasteiger partial charge on any atom is -0.490 e. The standard InChI is InChI=1S/C9H8ClFO/c1-5-6-2-3-12-9(6)8(11)4-7(5)10/h4H,2-3H2,1H3. The van der Waals surface area contributed by atoms with E-state index in [0.29, 0.717) is 17.4 Å². The fourth-order valence-electron chi connectivity index (χ4n) is 1.46. The van der Waals surface area contributed by atoms with Crippen LogP contribution in [0, 0.1) is 12.7 Å². The zero-order chi connectivity index (χ0) is 8.72. The van der Waals surface area contributed by atoms with Gasteiger partial charge in [0.25, 0.3) is 0 Å². The number of fused-ring (bicyclic) bond motifs is 1. The summed E-state index contributed by atoms with van der Waals surface area (Å²) < 4.78 is 18.3. The lowest BCUT2D eigenvalue weighted by Gasteiger charge is -2.05. The van der Waals surface area contributed by atoms with Gasteiger partial charge >= 0.3 is 0 Å². The Kier molecular flexibility index (Phi) is 1.72. The van der Waals surface area contributed by atoms with Crippen molar-refractivity contribution in [3.8, 4) is 5.75 Å². The number of halogens is 2. The topological polar surface area (TPSA) is 9.23 Å². The summed E-state index contributed by atoms with van der Waals surface area (Å²) in [6.07, 6.45) is 0.763. The predicted octanol–water partition coefficient (Wildman–Crippen LogP) is 2.72. The van der Waals surface area contributed by atoms with Crippen LogP contribution >= 0.6 is 11.6 Å². The highest BCUT2D eigenvalue weighted by Gasteiger charge is 2.20. The second-order valence-corrected chi connectivity index (χ2v) is 3.28. The molecule has 0 amide bonds. The fraction of sp³-hybridized carbons (Fsp3) is 0.333. The number of hydrogen-bond donors (Lipinski definition) is 0. The van der Waals surface area contributed by atoms with Crippen LogP contribution in [0.25, 0.3) is 0 Å². The molecule has 0 saturated heterocycles. The lowest BCUT2D eigenvalue weighted by molar-refractivity contribution is 0.339. The molecular formula is C9H8ClFO.